The molecule has 6 nitrogen and oxygen atoms in total. The van der Waals surface area contributed by atoms with Crippen molar-refractivity contribution in [1.29, 1.82) is 0 Å². The quantitative estimate of drug-likeness (QED) is 0.796. The standard InChI is InChI=1S/C13H19N3O3/c1-15-8-10(14)6-11(15)12(17)16-5-3-4-9(7-16)13(18)19-2/h6,8-9H,3-5,7,14H2,1-2H3. The number of aryl methyl sites for hydroxylation is 1. The largest absolute Gasteiger partial charge is 0.469 e. The Kier molecular flexibility index (Phi) is 3.78. The van der Waals surface area contributed by atoms with E-state index in [4.69, 9.17) is 10.5 Å². The van der Waals surface area contributed by atoms with Gasteiger partial charge >= 0.3 is 5.97 Å². The third kappa shape index (κ3) is 2.72. The summed E-state index contributed by atoms with van der Waals surface area (Å²) in [5.41, 5.74) is 6.78. The van der Waals surface area contributed by atoms with Crippen molar-refractivity contribution >= 4 is 17.6 Å². The number of carbonyl (C=O) groups excluding carboxylic acids is 2. The Morgan fingerprint density at radius 3 is 2.79 bits per heavy atom. The first-order valence-corrected chi connectivity index (χ1v) is 6.32. The second kappa shape index (κ2) is 5.34. The van der Waals surface area contributed by atoms with Crippen LogP contribution in [0.15, 0.2) is 12.3 Å². The van der Waals surface area contributed by atoms with Crippen LogP contribution in [0, 0.1) is 5.92 Å². The fourth-order valence-electron chi connectivity index (χ4n) is 2.49. The number of aromatic nitrogens is 1. The third-order valence-corrected chi connectivity index (χ3v) is 3.49. The highest BCUT2D eigenvalue weighted by Crippen LogP contribution is 2.20. The van der Waals surface area contributed by atoms with Crippen LogP contribution in [-0.2, 0) is 16.6 Å². The number of esters is 1. The number of nitrogens with zero attached hydrogens (tertiary/aromatic N) is 2. The van der Waals surface area contributed by atoms with E-state index >= 15 is 0 Å². The molecule has 1 fully saturated rings. The molecular formula is C13H19N3O3. The Hall–Kier alpha value is -1.98. The van der Waals surface area contributed by atoms with Crippen molar-refractivity contribution in [3.8, 4) is 0 Å². The van der Waals surface area contributed by atoms with Crippen molar-refractivity contribution in [3.63, 3.8) is 0 Å². The normalized spacial score (nSPS) is 19.3. The maximum Gasteiger partial charge on any atom is 0.310 e. The van der Waals surface area contributed by atoms with Gasteiger partial charge in [0.1, 0.15) is 5.69 Å². The SMILES string of the molecule is COC(=O)C1CCCN(C(=O)c2cc(N)cn2C)C1. The first-order chi connectivity index (χ1) is 9.02. The van der Waals surface area contributed by atoms with Crippen LogP contribution >= 0.6 is 0 Å². The van der Waals surface area contributed by atoms with E-state index < -0.39 is 0 Å². The molecule has 0 aromatic carbocycles. The van der Waals surface area contributed by atoms with Gasteiger partial charge in [-0.3, -0.25) is 9.59 Å². The maximum atomic E-state index is 12.4. The minimum Gasteiger partial charge on any atom is -0.469 e. The van der Waals surface area contributed by atoms with Crippen LogP contribution in [0.25, 0.3) is 0 Å². The zero-order valence-electron chi connectivity index (χ0n) is 11.3. The number of carbonyl (C=O) groups is 2. The second-order valence-corrected chi connectivity index (χ2v) is 4.88. The van der Waals surface area contributed by atoms with Gasteiger partial charge in [0.2, 0.25) is 0 Å². The monoisotopic (exact) mass is 265 g/mol. The molecule has 1 atom stereocenters. The molecule has 2 N–H and O–H groups in total. The molecule has 19 heavy (non-hydrogen) atoms. The summed E-state index contributed by atoms with van der Waals surface area (Å²) in [7, 11) is 3.16. The van der Waals surface area contributed by atoms with Crippen molar-refractivity contribution in [3.05, 3.63) is 18.0 Å². The van der Waals surface area contributed by atoms with Gasteiger partial charge in [-0.25, -0.2) is 0 Å². The van der Waals surface area contributed by atoms with Gasteiger partial charge in [0.05, 0.1) is 18.7 Å². The molecule has 0 bridgehead atoms. The average Bonchev–Trinajstić information content (AvgIpc) is 2.76. The molecule has 1 aliphatic rings. The lowest BCUT2D eigenvalue weighted by Gasteiger charge is -2.31. The highest BCUT2D eigenvalue weighted by Gasteiger charge is 2.30. The lowest BCUT2D eigenvalue weighted by Crippen LogP contribution is -2.43. The van der Waals surface area contributed by atoms with Gasteiger partial charge in [-0.15, -0.1) is 0 Å². The fourth-order valence-corrected chi connectivity index (χ4v) is 2.49. The number of methoxy groups -OCH3 is 1. The molecule has 104 valence electrons. The number of nitrogens with two attached hydrogens (primary N) is 1. The van der Waals surface area contributed by atoms with Crippen molar-refractivity contribution in [1.82, 2.24) is 9.47 Å². The maximum absolute atomic E-state index is 12.4. The van der Waals surface area contributed by atoms with Gasteiger partial charge in [0, 0.05) is 26.3 Å². The van der Waals surface area contributed by atoms with Crippen molar-refractivity contribution in [2.45, 2.75) is 12.8 Å². The van der Waals surface area contributed by atoms with Gasteiger partial charge in [-0.2, -0.15) is 0 Å². The minimum absolute atomic E-state index is 0.0900. The van der Waals surface area contributed by atoms with Crippen molar-refractivity contribution in [2.75, 3.05) is 25.9 Å². The molecule has 2 heterocycles. The molecule has 1 aromatic rings. The first kappa shape index (κ1) is 13.5. The number of ether oxygens (including phenoxy) is 1. The van der Waals surface area contributed by atoms with E-state index in [1.165, 1.54) is 7.11 Å². The van der Waals surface area contributed by atoms with E-state index in [0.29, 0.717) is 24.5 Å². The van der Waals surface area contributed by atoms with E-state index in [-0.39, 0.29) is 17.8 Å². The van der Waals surface area contributed by atoms with E-state index in [1.54, 1.807) is 28.8 Å². The zero-order chi connectivity index (χ0) is 14.0. The van der Waals surface area contributed by atoms with Crippen LogP contribution in [0.4, 0.5) is 5.69 Å². The number of hydrogen-bond donors (Lipinski definition) is 1. The van der Waals surface area contributed by atoms with Gasteiger partial charge in [-0.1, -0.05) is 0 Å². The van der Waals surface area contributed by atoms with Crippen molar-refractivity contribution in [2.24, 2.45) is 13.0 Å². The second-order valence-electron chi connectivity index (χ2n) is 4.88. The summed E-state index contributed by atoms with van der Waals surface area (Å²) in [5.74, 6) is -0.558. The summed E-state index contributed by atoms with van der Waals surface area (Å²) in [6.45, 7) is 1.08. The number of hydrogen-bond acceptors (Lipinski definition) is 4. The minimum atomic E-state index is -0.246. The molecule has 1 aliphatic heterocycles. The summed E-state index contributed by atoms with van der Waals surface area (Å²) in [4.78, 5) is 25.6. The molecule has 0 aliphatic carbocycles. The summed E-state index contributed by atoms with van der Waals surface area (Å²) in [6.07, 6.45) is 3.28. The Balaban J connectivity index is 2.11. The highest BCUT2D eigenvalue weighted by molar-refractivity contribution is 5.94. The predicted molar refractivity (Wildman–Crippen MR) is 70.5 cm³/mol. The molecule has 1 aromatic heterocycles. The number of anilines is 1. The zero-order valence-corrected chi connectivity index (χ0v) is 11.3. The number of nitrogen functional groups attached to an aromatic ring is 1. The number of amides is 1. The Bertz CT molecular complexity index is 495. The van der Waals surface area contributed by atoms with Crippen LogP contribution < -0.4 is 5.73 Å². The molecule has 1 amide bonds. The topological polar surface area (TPSA) is 77.6 Å². The van der Waals surface area contributed by atoms with E-state index in [9.17, 15) is 9.59 Å². The first-order valence-electron chi connectivity index (χ1n) is 6.32. The van der Waals surface area contributed by atoms with E-state index in [1.807, 2.05) is 0 Å². The average molecular weight is 265 g/mol. The van der Waals surface area contributed by atoms with Gasteiger partial charge in [0.15, 0.2) is 0 Å². The van der Waals surface area contributed by atoms with Gasteiger partial charge < -0.3 is 19.9 Å². The fraction of sp³-hybridized carbons (Fsp3) is 0.538. The summed E-state index contributed by atoms with van der Waals surface area (Å²) in [5, 5.41) is 0. The van der Waals surface area contributed by atoms with Crippen LogP contribution in [0.3, 0.4) is 0 Å². The molecule has 6 heteroatoms. The Labute approximate surface area is 112 Å². The lowest BCUT2D eigenvalue weighted by atomic mass is 9.98. The molecule has 0 saturated carbocycles. The van der Waals surface area contributed by atoms with E-state index in [0.717, 1.165) is 12.8 Å². The van der Waals surface area contributed by atoms with Crippen LogP contribution in [-0.4, -0.2) is 41.5 Å². The summed E-state index contributed by atoms with van der Waals surface area (Å²) >= 11 is 0. The molecular weight excluding hydrogens is 246 g/mol. The summed E-state index contributed by atoms with van der Waals surface area (Å²) < 4.78 is 6.46. The number of piperidine rings is 1. The molecule has 2 rings (SSSR count). The molecule has 0 spiro atoms. The van der Waals surface area contributed by atoms with Gasteiger partial charge in [0.25, 0.3) is 5.91 Å². The van der Waals surface area contributed by atoms with Gasteiger partial charge in [-0.05, 0) is 18.9 Å². The molecule has 1 unspecified atom stereocenters. The highest BCUT2D eigenvalue weighted by atomic mass is 16.5. The third-order valence-electron chi connectivity index (χ3n) is 3.49. The Morgan fingerprint density at radius 2 is 2.21 bits per heavy atom. The van der Waals surface area contributed by atoms with Crippen molar-refractivity contribution < 1.29 is 14.3 Å². The van der Waals surface area contributed by atoms with Crippen LogP contribution in [0.2, 0.25) is 0 Å². The predicted octanol–water partition coefficient (Wildman–Crippen LogP) is 0.632. The van der Waals surface area contributed by atoms with Crippen LogP contribution in [0.1, 0.15) is 23.3 Å². The van der Waals surface area contributed by atoms with E-state index in [2.05, 4.69) is 0 Å². The number of likely N-dealkylation sites (tertiary alicyclic amines) is 1. The smallest absolute Gasteiger partial charge is 0.310 e. The lowest BCUT2D eigenvalue weighted by molar-refractivity contribution is -0.146. The summed E-state index contributed by atoms with van der Waals surface area (Å²) in [6, 6.07) is 1.66. The molecule has 1 saturated heterocycles. The Morgan fingerprint density at radius 1 is 1.47 bits per heavy atom. The number of rotatable bonds is 2. The molecule has 0 radical (unpaired) electrons. The van der Waals surface area contributed by atoms with Crippen LogP contribution in [0.5, 0.6) is 0 Å².